The molecule has 3 rings (SSSR count). The molecule has 0 saturated heterocycles. The van der Waals surface area contributed by atoms with Gasteiger partial charge in [-0.15, -0.1) is 0 Å². The van der Waals surface area contributed by atoms with Crippen LogP contribution in [-0.2, 0) is 11.2 Å². The molecule has 0 radical (unpaired) electrons. The van der Waals surface area contributed by atoms with Gasteiger partial charge in [-0.2, -0.15) is 0 Å². The van der Waals surface area contributed by atoms with Crippen LogP contribution in [0.25, 0.3) is 5.57 Å². The fourth-order valence-corrected chi connectivity index (χ4v) is 2.84. The molecule has 0 heterocycles. The number of fused-ring (bicyclic) bond motifs is 1. The lowest BCUT2D eigenvalue weighted by atomic mass is 9.96. The second-order valence-electron chi connectivity index (χ2n) is 5.06. The summed E-state index contributed by atoms with van der Waals surface area (Å²) in [5.41, 5.74) is 6.33. The maximum atomic E-state index is 11.5. The lowest BCUT2D eigenvalue weighted by Crippen LogP contribution is -1.96. The molecule has 19 heavy (non-hydrogen) atoms. The third-order valence-corrected chi connectivity index (χ3v) is 3.57. The minimum atomic E-state index is 0.233. The van der Waals surface area contributed by atoms with E-state index in [4.69, 9.17) is 0 Å². The van der Waals surface area contributed by atoms with Gasteiger partial charge in [-0.1, -0.05) is 60.2 Å². The molecule has 1 heteroatoms. The van der Waals surface area contributed by atoms with Gasteiger partial charge in [0.25, 0.3) is 0 Å². The number of Topliss-reactive ketones (excluding diaryl/α,β-unsaturated/α-hetero) is 1. The van der Waals surface area contributed by atoms with Crippen molar-refractivity contribution in [2.45, 2.75) is 19.8 Å². The Morgan fingerprint density at radius 3 is 2.42 bits per heavy atom. The lowest BCUT2D eigenvalue weighted by Gasteiger charge is -2.08. The van der Waals surface area contributed by atoms with E-state index in [-0.39, 0.29) is 5.78 Å². The van der Waals surface area contributed by atoms with Crippen LogP contribution in [0.4, 0.5) is 0 Å². The van der Waals surface area contributed by atoms with Crippen LogP contribution in [-0.4, -0.2) is 5.78 Å². The molecule has 1 aliphatic carbocycles. The van der Waals surface area contributed by atoms with Gasteiger partial charge in [0.15, 0.2) is 0 Å². The van der Waals surface area contributed by atoms with E-state index in [0.717, 1.165) is 6.42 Å². The molecule has 0 bridgehead atoms. The highest BCUT2D eigenvalue weighted by atomic mass is 16.1. The van der Waals surface area contributed by atoms with Crippen LogP contribution < -0.4 is 0 Å². The number of ketones is 1. The highest BCUT2D eigenvalue weighted by Gasteiger charge is 2.22. The molecular weight excluding hydrogens is 232 g/mol. The number of rotatable bonds is 3. The molecule has 1 nitrogen and oxygen atoms in total. The Balaban J connectivity index is 2.15. The van der Waals surface area contributed by atoms with E-state index in [2.05, 4.69) is 48.5 Å². The first-order chi connectivity index (χ1) is 9.25. The van der Waals surface area contributed by atoms with Crippen molar-refractivity contribution in [1.29, 1.82) is 0 Å². The summed E-state index contributed by atoms with van der Waals surface area (Å²) in [6.07, 6.45) is 1.46. The van der Waals surface area contributed by atoms with Crippen LogP contribution in [0, 0.1) is 0 Å². The zero-order chi connectivity index (χ0) is 13.2. The number of benzene rings is 2. The zero-order valence-corrected chi connectivity index (χ0v) is 11.0. The average molecular weight is 248 g/mol. The van der Waals surface area contributed by atoms with Crippen LogP contribution in [0.1, 0.15) is 30.0 Å². The Morgan fingerprint density at radius 2 is 1.68 bits per heavy atom. The average Bonchev–Trinajstić information content (AvgIpc) is 2.76. The molecular formula is C18H16O. The number of carbonyl (C=O) groups is 1. The van der Waals surface area contributed by atoms with Gasteiger partial charge in [-0.05, 0) is 35.6 Å². The van der Waals surface area contributed by atoms with Crippen molar-refractivity contribution >= 4 is 11.4 Å². The van der Waals surface area contributed by atoms with Crippen molar-refractivity contribution in [3.63, 3.8) is 0 Å². The molecule has 0 unspecified atom stereocenters. The summed E-state index contributed by atoms with van der Waals surface area (Å²) in [6.45, 7) is 1.67. The summed E-state index contributed by atoms with van der Waals surface area (Å²) >= 11 is 0. The smallest absolute Gasteiger partial charge is 0.133 e. The Bertz CT molecular complexity index is 650. The fourth-order valence-electron chi connectivity index (χ4n) is 2.84. The van der Waals surface area contributed by atoms with Gasteiger partial charge < -0.3 is 0 Å². The zero-order valence-electron chi connectivity index (χ0n) is 11.0. The Morgan fingerprint density at radius 1 is 1.00 bits per heavy atom. The van der Waals surface area contributed by atoms with Crippen LogP contribution in [0.5, 0.6) is 0 Å². The Labute approximate surface area is 113 Å². The van der Waals surface area contributed by atoms with E-state index in [1.165, 1.54) is 27.8 Å². The predicted molar refractivity (Wildman–Crippen MR) is 77.9 cm³/mol. The van der Waals surface area contributed by atoms with Gasteiger partial charge in [-0.25, -0.2) is 0 Å². The van der Waals surface area contributed by atoms with E-state index >= 15 is 0 Å². The van der Waals surface area contributed by atoms with Crippen molar-refractivity contribution in [2.75, 3.05) is 0 Å². The number of hydrogen-bond acceptors (Lipinski definition) is 1. The van der Waals surface area contributed by atoms with Crippen molar-refractivity contribution < 1.29 is 4.79 Å². The summed E-state index contributed by atoms with van der Waals surface area (Å²) in [5, 5.41) is 0. The van der Waals surface area contributed by atoms with E-state index in [1.54, 1.807) is 6.92 Å². The third kappa shape index (κ3) is 2.24. The molecule has 94 valence electrons. The van der Waals surface area contributed by atoms with E-state index in [9.17, 15) is 4.79 Å². The van der Waals surface area contributed by atoms with Crippen LogP contribution in [0.15, 0.2) is 60.2 Å². The molecule has 0 spiro atoms. The summed E-state index contributed by atoms with van der Waals surface area (Å²) in [4.78, 5) is 11.5. The monoisotopic (exact) mass is 248 g/mol. The Kier molecular flexibility index (Phi) is 3.04. The van der Waals surface area contributed by atoms with Gasteiger partial charge in [0.1, 0.15) is 5.78 Å². The van der Waals surface area contributed by atoms with Gasteiger partial charge >= 0.3 is 0 Å². The summed E-state index contributed by atoms with van der Waals surface area (Å²) in [6, 6.07) is 18.8. The maximum Gasteiger partial charge on any atom is 0.133 e. The van der Waals surface area contributed by atoms with Gasteiger partial charge in [0.05, 0.1) is 0 Å². The quantitative estimate of drug-likeness (QED) is 0.801. The van der Waals surface area contributed by atoms with Gasteiger partial charge in [0, 0.05) is 6.42 Å². The second-order valence-corrected chi connectivity index (χ2v) is 5.06. The molecule has 0 amide bonds. The molecule has 0 saturated carbocycles. The molecule has 0 atom stereocenters. The highest BCUT2D eigenvalue weighted by molar-refractivity contribution is 5.91. The second kappa shape index (κ2) is 4.85. The first-order valence-electron chi connectivity index (χ1n) is 6.61. The standard InChI is InChI=1S/C18H16O/c1-13(19)11-16-12-15-9-5-6-10-17(15)18(16)14-7-3-2-4-8-14/h2-10H,11-12H2,1H3. The number of hydrogen-bond donors (Lipinski definition) is 0. The first kappa shape index (κ1) is 11.9. The molecule has 1 aliphatic rings. The minimum Gasteiger partial charge on any atom is -0.300 e. The van der Waals surface area contributed by atoms with Crippen molar-refractivity contribution in [3.05, 3.63) is 76.9 Å². The maximum absolute atomic E-state index is 11.5. The van der Waals surface area contributed by atoms with Crippen LogP contribution >= 0.6 is 0 Å². The molecule has 0 aliphatic heterocycles. The van der Waals surface area contributed by atoms with E-state index < -0.39 is 0 Å². The van der Waals surface area contributed by atoms with Crippen LogP contribution in [0.3, 0.4) is 0 Å². The molecule has 2 aromatic carbocycles. The normalized spacial score (nSPS) is 13.5. The molecule has 0 aromatic heterocycles. The van der Waals surface area contributed by atoms with E-state index in [1.807, 2.05) is 6.07 Å². The highest BCUT2D eigenvalue weighted by Crippen LogP contribution is 2.38. The summed E-state index contributed by atoms with van der Waals surface area (Å²) in [5.74, 6) is 0.233. The van der Waals surface area contributed by atoms with Gasteiger partial charge in [-0.3, -0.25) is 4.79 Å². The predicted octanol–water partition coefficient (Wildman–Crippen LogP) is 4.02. The number of allylic oxidation sites excluding steroid dienone is 1. The summed E-state index contributed by atoms with van der Waals surface area (Å²) < 4.78 is 0. The Hall–Kier alpha value is -2.15. The molecule has 0 N–H and O–H groups in total. The minimum absolute atomic E-state index is 0.233. The van der Waals surface area contributed by atoms with E-state index in [0.29, 0.717) is 6.42 Å². The van der Waals surface area contributed by atoms with Crippen molar-refractivity contribution in [3.8, 4) is 0 Å². The lowest BCUT2D eigenvalue weighted by molar-refractivity contribution is -0.116. The fraction of sp³-hybridized carbons (Fsp3) is 0.167. The largest absolute Gasteiger partial charge is 0.300 e. The molecule has 0 fully saturated rings. The van der Waals surface area contributed by atoms with Crippen molar-refractivity contribution in [2.24, 2.45) is 0 Å². The topological polar surface area (TPSA) is 17.1 Å². The number of carbonyl (C=O) groups excluding carboxylic acids is 1. The molecule has 2 aromatic rings. The van der Waals surface area contributed by atoms with Crippen molar-refractivity contribution in [1.82, 2.24) is 0 Å². The summed E-state index contributed by atoms with van der Waals surface area (Å²) in [7, 11) is 0. The first-order valence-corrected chi connectivity index (χ1v) is 6.61. The van der Waals surface area contributed by atoms with Gasteiger partial charge in [0.2, 0.25) is 0 Å². The third-order valence-electron chi connectivity index (χ3n) is 3.57. The SMILES string of the molecule is CC(=O)CC1=C(c2ccccc2)c2ccccc2C1. The van der Waals surface area contributed by atoms with Crippen LogP contribution in [0.2, 0.25) is 0 Å².